The van der Waals surface area contributed by atoms with Crippen LogP contribution in [0.4, 0.5) is 10.5 Å². The Labute approximate surface area is 176 Å². The van der Waals surface area contributed by atoms with E-state index in [1.165, 1.54) is 44.9 Å². The minimum absolute atomic E-state index is 0. The van der Waals surface area contributed by atoms with Crippen LogP contribution in [0.1, 0.15) is 63.9 Å². The second-order valence-electron chi connectivity index (χ2n) is 7.29. The number of nitrogens with one attached hydrogen (secondary N) is 1. The van der Waals surface area contributed by atoms with E-state index in [1.54, 1.807) is 0 Å². The Bertz CT molecular complexity index is 534. The quantitative estimate of drug-likeness (QED) is 0.478. The average Bonchev–Trinajstić information content (AvgIpc) is 2.95. The third-order valence-electron chi connectivity index (χ3n) is 4.99. The molecule has 0 aromatic heterocycles. The summed E-state index contributed by atoms with van der Waals surface area (Å²) in [6.07, 6.45) is 9.51. The van der Waals surface area contributed by atoms with E-state index in [9.17, 15) is 4.79 Å². The molecule has 0 bridgehead atoms. The van der Waals surface area contributed by atoms with Crippen LogP contribution in [0, 0.1) is 0 Å². The van der Waals surface area contributed by atoms with Crippen LogP contribution in [0.2, 0.25) is 0 Å². The molecule has 1 saturated heterocycles. The number of likely N-dealkylation sites (tertiary alicyclic amines) is 1. The zero-order valence-electron chi connectivity index (χ0n) is 17.3. The van der Waals surface area contributed by atoms with Crippen molar-refractivity contribution >= 4 is 24.2 Å². The lowest BCUT2D eigenvalue weighted by molar-refractivity contribution is 0.117. The van der Waals surface area contributed by atoms with E-state index in [1.807, 2.05) is 24.3 Å². The van der Waals surface area contributed by atoms with E-state index >= 15 is 0 Å². The smallest absolute Gasteiger partial charge is 0.411 e. The molecule has 1 N–H and O–H groups in total. The van der Waals surface area contributed by atoms with Crippen LogP contribution in [0.3, 0.4) is 0 Å². The number of nitrogens with zero attached hydrogens (tertiary/aromatic N) is 1. The molecule has 1 fully saturated rings. The predicted molar refractivity (Wildman–Crippen MR) is 117 cm³/mol. The third-order valence-corrected chi connectivity index (χ3v) is 4.99. The molecule has 160 valence electrons. The molecule has 0 aliphatic carbocycles. The average molecular weight is 413 g/mol. The fourth-order valence-corrected chi connectivity index (χ4v) is 3.35. The number of rotatable bonds is 11. The number of benzene rings is 1. The summed E-state index contributed by atoms with van der Waals surface area (Å²) in [5, 5.41) is 2.86. The fourth-order valence-electron chi connectivity index (χ4n) is 3.35. The molecule has 0 unspecified atom stereocenters. The summed E-state index contributed by atoms with van der Waals surface area (Å²) >= 11 is 0. The van der Waals surface area contributed by atoms with Gasteiger partial charge >= 0.3 is 6.09 Å². The lowest BCUT2D eigenvalue weighted by Gasteiger charge is -2.19. The molecule has 1 aliphatic rings. The first-order chi connectivity index (χ1) is 13.3. The van der Waals surface area contributed by atoms with Gasteiger partial charge in [-0.1, -0.05) is 57.2 Å². The van der Waals surface area contributed by atoms with Gasteiger partial charge in [0.25, 0.3) is 0 Å². The zero-order chi connectivity index (χ0) is 19.2. The normalized spacial score (nSPS) is 14.8. The van der Waals surface area contributed by atoms with Crippen molar-refractivity contribution in [3.63, 3.8) is 0 Å². The zero-order valence-corrected chi connectivity index (χ0v) is 18.1. The number of carbonyl (C=O) groups is 1. The standard InChI is InChI=1S/C22H36N2O3.ClH/c1-2-3-4-11-17-26-19-20-12-7-8-13-21(20)23-22(25)27-18-16-24-14-9-5-6-10-15-24;/h7-8,12-13H,2-6,9-11,14-19H2,1H3,(H,23,25);1H. The molecular weight excluding hydrogens is 376 g/mol. The monoisotopic (exact) mass is 412 g/mol. The third kappa shape index (κ3) is 10.3. The molecule has 1 aromatic carbocycles. The van der Waals surface area contributed by atoms with Gasteiger partial charge in [0.05, 0.1) is 6.61 Å². The molecule has 1 aromatic rings. The molecule has 0 spiro atoms. The van der Waals surface area contributed by atoms with Crippen LogP contribution in [-0.2, 0) is 16.1 Å². The van der Waals surface area contributed by atoms with Crippen molar-refractivity contribution in [1.29, 1.82) is 0 Å². The van der Waals surface area contributed by atoms with Crippen LogP contribution in [0.5, 0.6) is 0 Å². The van der Waals surface area contributed by atoms with Crippen LogP contribution >= 0.6 is 12.4 Å². The Morgan fingerprint density at radius 2 is 1.79 bits per heavy atom. The molecule has 1 amide bonds. The van der Waals surface area contributed by atoms with Crippen LogP contribution in [0.25, 0.3) is 0 Å². The minimum Gasteiger partial charge on any atom is -0.448 e. The first-order valence-corrected chi connectivity index (χ1v) is 10.6. The molecule has 6 heteroatoms. The van der Waals surface area contributed by atoms with Gasteiger partial charge in [0.1, 0.15) is 6.61 Å². The SMILES string of the molecule is CCCCCCOCc1ccccc1NC(=O)OCCN1CCCCCC1.Cl. The van der Waals surface area contributed by atoms with Crippen LogP contribution in [-0.4, -0.2) is 43.8 Å². The van der Waals surface area contributed by atoms with Crippen molar-refractivity contribution in [2.24, 2.45) is 0 Å². The molecule has 2 rings (SSSR count). The maximum atomic E-state index is 12.1. The Morgan fingerprint density at radius 1 is 1.04 bits per heavy atom. The molecule has 1 heterocycles. The second-order valence-corrected chi connectivity index (χ2v) is 7.29. The summed E-state index contributed by atoms with van der Waals surface area (Å²) in [4.78, 5) is 14.5. The van der Waals surface area contributed by atoms with Gasteiger partial charge in [-0.05, 0) is 38.4 Å². The molecule has 1 aliphatic heterocycles. The summed E-state index contributed by atoms with van der Waals surface area (Å²) in [7, 11) is 0. The minimum atomic E-state index is -0.389. The first kappa shape index (κ1) is 24.7. The predicted octanol–water partition coefficient (Wildman–Crippen LogP) is 5.63. The highest BCUT2D eigenvalue weighted by atomic mass is 35.5. The van der Waals surface area contributed by atoms with E-state index < -0.39 is 0 Å². The number of amides is 1. The second kappa shape index (κ2) is 15.6. The molecule has 0 saturated carbocycles. The highest BCUT2D eigenvalue weighted by Crippen LogP contribution is 2.17. The first-order valence-electron chi connectivity index (χ1n) is 10.6. The van der Waals surface area contributed by atoms with Gasteiger partial charge in [0.2, 0.25) is 0 Å². The number of anilines is 1. The number of unbranched alkanes of at least 4 members (excludes halogenated alkanes) is 3. The summed E-state index contributed by atoms with van der Waals surface area (Å²) in [6, 6.07) is 7.76. The highest BCUT2D eigenvalue weighted by molar-refractivity contribution is 5.85. The largest absolute Gasteiger partial charge is 0.448 e. The van der Waals surface area contributed by atoms with Crippen molar-refractivity contribution in [1.82, 2.24) is 4.90 Å². The van der Waals surface area contributed by atoms with Gasteiger partial charge in [0.15, 0.2) is 0 Å². The van der Waals surface area contributed by atoms with Crippen molar-refractivity contribution < 1.29 is 14.3 Å². The molecule has 0 radical (unpaired) electrons. The fraction of sp³-hybridized carbons (Fsp3) is 0.682. The number of ether oxygens (including phenoxy) is 2. The summed E-state index contributed by atoms with van der Waals surface area (Å²) in [5.41, 5.74) is 1.75. The van der Waals surface area contributed by atoms with Crippen molar-refractivity contribution in [2.45, 2.75) is 64.9 Å². The number of carbonyl (C=O) groups excluding carboxylic acids is 1. The number of hydrogen-bond acceptors (Lipinski definition) is 4. The van der Waals surface area contributed by atoms with E-state index in [0.717, 1.165) is 43.9 Å². The summed E-state index contributed by atoms with van der Waals surface area (Å²) in [5.74, 6) is 0. The van der Waals surface area contributed by atoms with Crippen molar-refractivity contribution in [3.05, 3.63) is 29.8 Å². The number of para-hydroxylation sites is 1. The Balaban J connectivity index is 0.00000392. The van der Waals surface area contributed by atoms with Gasteiger partial charge in [0, 0.05) is 24.4 Å². The Kier molecular flexibility index (Phi) is 13.8. The maximum Gasteiger partial charge on any atom is 0.411 e. The van der Waals surface area contributed by atoms with Crippen LogP contribution < -0.4 is 5.32 Å². The number of halogens is 1. The molecule has 28 heavy (non-hydrogen) atoms. The van der Waals surface area contributed by atoms with Crippen molar-refractivity contribution in [2.75, 3.05) is 38.2 Å². The highest BCUT2D eigenvalue weighted by Gasteiger charge is 2.11. The Hall–Kier alpha value is -1.30. The van der Waals surface area contributed by atoms with Gasteiger partial charge in [-0.3, -0.25) is 10.2 Å². The van der Waals surface area contributed by atoms with Gasteiger partial charge < -0.3 is 9.47 Å². The van der Waals surface area contributed by atoms with E-state index in [-0.39, 0.29) is 18.5 Å². The van der Waals surface area contributed by atoms with E-state index in [0.29, 0.717) is 13.2 Å². The van der Waals surface area contributed by atoms with Gasteiger partial charge in [-0.2, -0.15) is 0 Å². The van der Waals surface area contributed by atoms with Gasteiger partial charge in [-0.15, -0.1) is 12.4 Å². The van der Waals surface area contributed by atoms with E-state index in [4.69, 9.17) is 9.47 Å². The van der Waals surface area contributed by atoms with E-state index in [2.05, 4.69) is 17.1 Å². The molecular formula is C22H37ClN2O3. The van der Waals surface area contributed by atoms with Gasteiger partial charge in [-0.25, -0.2) is 4.79 Å². The summed E-state index contributed by atoms with van der Waals surface area (Å²) in [6.45, 7) is 6.95. The lowest BCUT2D eigenvalue weighted by Crippen LogP contribution is -2.30. The lowest BCUT2D eigenvalue weighted by atomic mass is 10.2. The summed E-state index contributed by atoms with van der Waals surface area (Å²) < 4.78 is 11.1. The van der Waals surface area contributed by atoms with Crippen molar-refractivity contribution in [3.8, 4) is 0 Å². The molecule has 5 nitrogen and oxygen atoms in total. The van der Waals surface area contributed by atoms with Crippen LogP contribution in [0.15, 0.2) is 24.3 Å². The number of hydrogen-bond donors (Lipinski definition) is 1. The molecule has 0 atom stereocenters. The maximum absolute atomic E-state index is 12.1. The topological polar surface area (TPSA) is 50.8 Å². The Morgan fingerprint density at radius 3 is 2.54 bits per heavy atom.